The number of β-amino-alcohol motifs (C(OH)–C–C–N with tert-alkyl or cyclic N) is 1. The molecule has 2 aromatic rings. The number of nitrogens with one attached hydrogen (secondary N) is 1. The van der Waals surface area contributed by atoms with Gasteiger partial charge in [-0.25, -0.2) is 9.97 Å². The van der Waals surface area contributed by atoms with Gasteiger partial charge in [0.15, 0.2) is 0 Å². The highest BCUT2D eigenvalue weighted by Gasteiger charge is 2.38. The van der Waals surface area contributed by atoms with E-state index in [1.54, 1.807) is 15.9 Å². The molecule has 10 heteroatoms. The summed E-state index contributed by atoms with van der Waals surface area (Å²) in [7, 11) is 0. The summed E-state index contributed by atoms with van der Waals surface area (Å²) in [5.74, 6) is -0.284. The third kappa shape index (κ3) is 5.67. The van der Waals surface area contributed by atoms with Crippen molar-refractivity contribution < 1.29 is 19.5 Å². The number of nitrogens with zero attached hydrogens (tertiary/aromatic N) is 5. The van der Waals surface area contributed by atoms with Gasteiger partial charge in [0.1, 0.15) is 17.8 Å². The monoisotopic (exact) mass is 532 g/mol. The molecule has 1 aliphatic carbocycles. The summed E-state index contributed by atoms with van der Waals surface area (Å²) in [6.45, 7) is 3.65. The van der Waals surface area contributed by atoms with Crippen LogP contribution in [0.3, 0.4) is 0 Å². The van der Waals surface area contributed by atoms with E-state index in [1.165, 1.54) is 17.5 Å². The van der Waals surface area contributed by atoms with Gasteiger partial charge in [-0.15, -0.1) is 0 Å². The average molecular weight is 533 g/mol. The Bertz CT molecular complexity index is 1240. The van der Waals surface area contributed by atoms with E-state index >= 15 is 0 Å². The summed E-state index contributed by atoms with van der Waals surface area (Å²) in [5, 5.41) is 14.4. The molecule has 4 heterocycles. The second-order valence-corrected chi connectivity index (χ2v) is 11.3. The summed E-state index contributed by atoms with van der Waals surface area (Å²) in [6.07, 6.45) is 5.54. The number of likely N-dealkylation sites (tertiary alicyclic amines) is 2. The van der Waals surface area contributed by atoms with Crippen LogP contribution in [0.5, 0.6) is 0 Å². The third-order valence-corrected chi connectivity index (χ3v) is 8.64. The Kier molecular flexibility index (Phi) is 7.31. The summed E-state index contributed by atoms with van der Waals surface area (Å²) < 4.78 is 0. The molecule has 1 aromatic heterocycles. The van der Waals surface area contributed by atoms with Crippen LogP contribution < -0.4 is 5.32 Å². The maximum absolute atomic E-state index is 13.3. The number of ketones is 1. The molecule has 2 saturated heterocycles. The molecule has 3 fully saturated rings. The quantitative estimate of drug-likeness (QED) is 0.538. The highest BCUT2D eigenvalue weighted by molar-refractivity contribution is 6.37. The fourth-order valence-corrected chi connectivity index (χ4v) is 6.16. The molecule has 206 valence electrons. The number of hydrogen-bond donors (Lipinski definition) is 2. The van der Waals surface area contributed by atoms with Gasteiger partial charge in [-0.3, -0.25) is 19.3 Å². The van der Waals surface area contributed by atoms with Crippen LogP contribution in [0.2, 0.25) is 0 Å². The first-order valence-corrected chi connectivity index (χ1v) is 14.2. The van der Waals surface area contributed by atoms with Crippen molar-refractivity contribution in [3.05, 3.63) is 53.5 Å². The maximum atomic E-state index is 13.3. The number of benzene rings is 1. The van der Waals surface area contributed by atoms with Crippen molar-refractivity contribution in [1.82, 2.24) is 24.7 Å². The van der Waals surface area contributed by atoms with Gasteiger partial charge < -0.3 is 20.2 Å². The molecule has 2 atom stereocenters. The lowest BCUT2D eigenvalue weighted by molar-refractivity contribution is -0.146. The largest absolute Gasteiger partial charge is 0.390 e. The standard InChI is InChI=1S/C29H36N6O4/c36-25-17-35(14-10-24(25)34-11-7-19-3-1-2-4-21(19)16-34)28(38)23-15-26(31-18-30-23)32-22-8-12-33(13-9-22)29(39)27(37)20-5-6-20/h1-4,15,18,20,22,24-25,36H,5-14,16-17H2,(H,30,31,32)/t24-,25-/m1/s1. The second kappa shape index (κ2) is 11.0. The van der Waals surface area contributed by atoms with Crippen molar-refractivity contribution in [2.45, 2.75) is 63.3 Å². The molecule has 0 bridgehead atoms. The summed E-state index contributed by atoms with van der Waals surface area (Å²) in [4.78, 5) is 52.0. The first-order valence-electron chi connectivity index (χ1n) is 14.2. The molecule has 2 amide bonds. The minimum Gasteiger partial charge on any atom is -0.390 e. The highest BCUT2D eigenvalue weighted by atomic mass is 16.3. The molecule has 0 unspecified atom stereocenters. The topological polar surface area (TPSA) is 119 Å². The predicted molar refractivity (Wildman–Crippen MR) is 144 cm³/mol. The fraction of sp³-hybridized carbons (Fsp3) is 0.552. The average Bonchev–Trinajstić information content (AvgIpc) is 3.82. The van der Waals surface area contributed by atoms with E-state index in [0.717, 1.165) is 32.4 Å². The van der Waals surface area contributed by atoms with E-state index in [2.05, 4.69) is 44.5 Å². The molecular formula is C29H36N6O4. The maximum Gasteiger partial charge on any atom is 0.290 e. The SMILES string of the molecule is O=C(C(=O)N1CCC(Nc2cc(C(=O)N3CC[C@@H](N4CCc5ccccc5C4)[C@H](O)C3)ncn2)CC1)C1CC1. The van der Waals surface area contributed by atoms with Crippen LogP contribution in [-0.4, -0.2) is 98.3 Å². The zero-order chi connectivity index (χ0) is 26.9. The zero-order valence-corrected chi connectivity index (χ0v) is 22.2. The van der Waals surface area contributed by atoms with Gasteiger partial charge in [-0.1, -0.05) is 24.3 Å². The number of carbonyl (C=O) groups excluding carboxylic acids is 3. The van der Waals surface area contributed by atoms with Crippen molar-refractivity contribution in [3.63, 3.8) is 0 Å². The van der Waals surface area contributed by atoms with Crippen LogP contribution in [0.15, 0.2) is 36.7 Å². The van der Waals surface area contributed by atoms with Gasteiger partial charge in [0.05, 0.1) is 6.10 Å². The first kappa shape index (κ1) is 25.9. The number of Topliss-reactive ketones (excluding diaryl/α,β-unsaturated/α-hetero) is 1. The van der Waals surface area contributed by atoms with E-state index in [4.69, 9.17) is 0 Å². The molecule has 3 aliphatic heterocycles. The van der Waals surface area contributed by atoms with E-state index in [1.807, 2.05) is 0 Å². The van der Waals surface area contributed by atoms with Gasteiger partial charge >= 0.3 is 0 Å². The molecule has 1 saturated carbocycles. The number of anilines is 1. The third-order valence-electron chi connectivity index (χ3n) is 8.64. The van der Waals surface area contributed by atoms with Gasteiger partial charge in [0.2, 0.25) is 5.78 Å². The zero-order valence-electron chi connectivity index (χ0n) is 22.2. The normalized spacial score (nSPS) is 24.2. The Hall–Kier alpha value is -3.37. The van der Waals surface area contributed by atoms with Crippen molar-refractivity contribution in [2.24, 2.45) is 5.92 Å². The number of aromatic nitrogens is 2. The van der Waals surface area contributed by atoms with E-state index < -0.39 is 6.10 Å². The fourth-order valence-electron chi connectivity index (χ4n) is 6.16. The van der Waals surface area contributed by atoms with Crippen molar-refractivity contribution in [3.8, 4) is 0 Å². The Morgan fingerprint density at radius 2 is 1.64 bits per heavy atom. The van der Waals surface area contributed by atoms with Gasteiger partial charge in [0.25, 0.3) is 11.8 Å². The first-order chi connectivity index (χ1) is 19.0. The smallest absolute Gasteiger partial charge is 0.290 e. The lowest BCUT2D eigenvalue weighted by atomic mass is 9.94. The van der Waals surface area contributed by atoms with Gasteiger partial charge in [0, 0.05) is 63.3 Å². The second-order valence-electron chi connectivity index (χ2n) is 11.3. The molecule has 1 aromatic carbocycles. The number of aliphatic hydroxyl groups excluding tert-OH is 1. The predicted octanol–water partition coefficient (Wildman–Crippen LogP) is 1.49. The van der Waals surface area contributed by atoms with Crippen LogP contribution >= 0.6 is 0 Å². The Morgan fingerprint density at radius 1 is 0.897 bits per heavy atom. The number of rotatable bonds is 6. The number of hydrogen-bond acceptors (Lipinski definition) is 8. The van der Waals surface area contributed by atoms with Crippen LogP contribution in [0.4, 0.5) is 5.82 Å². The van der Waals surface area contributed by atoms with Crippen molar-refractivity contribution in [1.29, 1.82) is 0 Å². The minimum atomic E-state index is -0.618. The molecule has 10 nitrogen and oxygen atoms in total. The number of carbonyl (C=O) groups is 3. The molecule has 4 aliphatic rings. The van der Waals surface area contributed by atoms with Gasteiger partial charge in [-0.05, 0) is 49.7 Å². The molecule has 39 heavy (non-hydrogen) atoms. The summed E-state index contributed by atoms with van der Waals surface area (Å²) in [5.41, 5.74) is 3.00. The van der Waals surface area contributed by atoms with Crippen LogP contribution in [-0.2, 0) is 22.6 Å². The lowest BCUT2D eigenvalue weighted by Crippen LogP contribution is -2.56. The summed E-state index contributed by atoms with van der Waals surface area (Å²) >= 11 is 0. The molecule has 6 rings (SSSR count). The Morgan fingerprint density at radius 3 is 2.38 bits per heavy atom. The molecule has 0 spiro atoms. The van der Waals surface area contributed by atoms with E-state index in [-0.39, 0.29) is 42.1 Å². The minimum absolute atomic E-state index is 0.0300. The number of aliphatic hydroxyl groups is 1. The molecular weight excluding hydrogens is 496 g/mol. The number of piperidine rings is 2. The van der Waals surface area contributed by atoms with Crippen molar-refractivity contribution in [2.75, 3.05) is 38.0 Å². The number of amides is 2. The number of fused-ring (bicyclic) bond motifs is 1. The summed E-state index contributed by atoms with van der Waals surface area (Å²) in [6, 6.07) is 10.3. The van der Waals surface area contributed by atoms with Crippen LogP contribution in [0, 0.1) is 5.92 Å². The lowest BCUT2D eigenvalue weighted by Gasteiger charge is -2.43. The molecule has 2 N–H and O–H groups in total. The highest BCUT2D eigenvalue weighted by Crippen LogP contribution is 2.31. The Balaban J connectivity index is 1.01. The van der Waals surface area contributed by atoms with E-state index in [9.17, 15) is 19.5 Å². The molecule has 0 radical (unpaired) electrons. The van der Waals surface area contributed by atoms with Gasteiger partial charge in [-0.2, -0.15) is 0 Å². The Labute approximate surface area is 228 Å². The van der Waals surface area contributed by atoms with Crippen molar-refractivity contribution >= 4 is 23.4 Å². The van der Waals surface area contributed by atoms with Crippen LogP contribution in [0.25, 0.3) is 0 Å². The van der Waals surface area contributed by atoms with Crippen LogP contribution in [0.1, 0.15) is 53.7 Å². The van der Waals surface area contributed by atoms with E-state index in [0.29, 0.717) is 50.4 Å².